The van der Waals surface area contributed by atoms with Crippen LogP contribution < -0.4 is 5.32 Å². The molecule has 0 aliphatic heterocycles. The van der Waals surface area contributed by atoms with Crippen molar-refractivity contribution in [3.63, 3.8) is 0 Å². The summed E-state index contributed by atoms with van der Waals surface area (Å²) in [6.07, 6.45) is 0.986. The smallest absolute Gasteiger partial charge is 0.136 e. The highest BCUT2D eigenvalue weighted by molar-refractivity contribution is 5.66. The molecule has 0 fully saturated rings. The lowest BCUT2D eigenvalue weighted by molar-refractivity contribution is 0.576. The zero-order valence-electron chi connectivity index (χ0n) is 12.1. The second-order valence-corrected chi connectivity index (χ2v) is 5.04. The van der Waals surface area contributed by atoms with E-state index in [0.29, 0.717) is 12.1 Å². The fourth-order valence-electron chi connectivity index (χ4n) is 2.18. The van der Waals surface area contributed by atoms with Crippen molar-refractivity contribution in [1.82, 2.24) is 5.32 Å². The molecule has 0 saturated carbocycles. The standard InChI is InChI=1S/C17H18F3N/c1-3-8-21-10-12-5-6-13(15(19)9-12)16-14(18)7-4-11(2)17(16)20/h4-7,9,21H,3,8,10H2,1-2H3. The molecule has 0 aliphatic rings. The van der Waals surface area contributed by atoms with Crippen molar-refractivity contribution in [3.8, 4) is 11.1 Å². The first-order valence-electron chi connectivity index (χ1n) is 6.98. The topological polar surface area (TPSA) is 12.0 Å². The Morgan fingerprint density at radius 3 is 2.43 bits per heavy atom. The Morgan fingerprint density at radius 2 is 1.76 bits per heavy atom. The average Bonchev–Trinajstić information content (AvgIpc) is 2.46. The van der Waals surface area contributed by atoms with Crippen LogP contribution in [0.2, 0.25) is 0 Å². The van der Waals surface area contributed by atoms with E-state index >= 15 is 0 Å². The Labute approximate surface area is 122 Å². The molecule has 2 aromatic rings. The first-order valence-corrected chi connectivity index (χ1v) is 6.98. The van der Waals surface area contributed by atoms with Gasteiger partial charge in [-0.2, -0.15) is 0 Å². The van der Waals surface area contributed by atoms with Crippen molar-refractivity contribution in [3.05, 3.63) is 58.9 Å². The minimum atomic E-state index is -0.756. The molecule has 4 heteroatoms. The van der Waals surface area contributed by atoms with Crippen LogP contribution in [-0.2, 0) is 6.54 Å². The lowest BCUT2D eigenvalue weighted by Crippen LogP contribution is -2.13. The maximum atomic E-state index is 14.2. The van der Waals surface area contributed by atoms with Gasteiger partial charge in [0.25, 0.3) is 0 Å². The molecule has 21 heavy (non-hydrogen) atoms. The second kappa shape index (κ2) is 6.76. The zero-order valence-corrected chi connectivity index (χ0v) is 12.1. The summed E-state index contributed by atoms with van der Waals surface area (Å²) in [4.78, 5) is 0. The van der Waals surface area contributed by atoms with Gasteiger partial charge in [-0.15, -0.1) is 0 Å². The summed E-state index contributed by atoms with van der Waals surface area (Å²) in [6.45, 7) is 4.94. The first kappa shape index (κ1) is 15.6. The normalized spacial score (nSPS) is 10.9. The van der Waals surface area contributed by atoms with Crippen LogP contribution in [0.15, 0.2) is 30.3 Å². The van der Waals surface area contributed by atoms with Gasteiger partial charge in [-0.05, 0) is 43.1 Å². The van der Waals surface area contributed by atoms with Crippen molar-refractivity contribution < 1.29 is 13.2 Å². The highest BCUT2D eigenvalue weighted by Crippen LogP contribution is 2.30. The number of halogens is 3. The maximum absolute atomic E-state index is 14.2. The SMILES string of the molecule is CCCNCc1ccc(-c2c(F)ccc(C)c2F)c(F)c1. The Hall–Kier alpha value is -1.81. The second-order valence-electron chi connectivity index (χ2n) is 5.04. The zero-order chi connectivity index (χ0) is 15.4. The van der Waals surface area contributed by atoms with Crippen molar-refractivity contribution in [2.75, 3.05) is 6.54 Å². The van der Waals surface area contributed by atoms with E-state index in [1.54, 1.807) is 6.07 Å². The predicted octanol–water partition coefficient (Wildman–Crippen LogP) is 4.58. The van der Waals surface area contributed by atoms with E-state index in [9.17, 15) is 13.2 Å². The number of hydrogen-bond donors (Lipinski definition) is 1. The highest BCUT2D eigenvalue weighted by atomic mass is 19.1. The molecule has 0 unspecified atom stereocenters. The van der Waals surface area contributed by atoms with Gasteiger partial charge >= 0.3 is 0 Å². The molecule has 0 bridgehead atoms. The summed E-state index contributed by atoms with van der Waals surface area (Å²) >= 11 is 0. The molecule has 0 aromatic heterocycles. The van der Waals surface area contributed by atoms with E-state index in [1.165, 1.54) is 25.1 Å². The van der Waals surface area contributed by atoms with Crippen LogP contribution in [0.5, 0.6) is 0 Å². The molecule has 2 aromatic carbocycles. The molecular weight excluding hydrogens is 275 g/mol. The molecule has 0 spiro atoms. The largest absolute Gasteiger partial charge is 0.313 e. The van der Waals surface area contributed by atoms with Gasteiger partial charge in [-0.3, -0.25) is 0 Å². The molecule has 1 nitrogen and oxygen atoms in total. The number of aryl methyl sites for hydroxylation is 1. The van der Waals surface area contributed by atoms with Gasteiger partial charge in [0.2, 0.25) is 0 Å². The molecule has 112 valence electrons. The number of rotatable bonds is 5. The first-order chi connectivity index (χ1) is 10.0. The van der Waals surface area contributed by atoms with Gasteiger partial charge in [0.1, 0.15) is 17.5 Å². The Morgan fingerprint density at radius 1 is 1.00 bits per heavy atom. The lowest BCUT2D eigenvalue weighted by atomic mass is 10.00. The lowest BCUT2D eigenvalue weighted by Gasteiger charge is -2.10. The molecule has 0 radical (unpaired) electrons. The molecule has 2 rings (SSSR count). The van der Waals surface area contributed by atoms with Crippen LogP contribution in [0.4, 0.5) is 13.2 Å². The van der Waals surface area contributed by atoms with Crippen molar-refractivity contribution >= 4 is 0 Å². The fourth-order valence-corrected chi connectivity index (χ4v) is 2.18. The summed E-state index contributed by atoms with van der Waals surface area (Å²) in [5.41, 5.74) is 0.686. The van der Waals surface area contributed by atoms with Crippen LogP contribution in [0.25, 0.3) is 11.1 Å². The summed E-state index contributed by atoms with van der Waals surface area (Å²) < 4.78 is 42.1. The molecule has 0 atom stereocenters. The average molecular weight is 293 g/mol. The molecule has 0 amide bonds. The van der Waals surface area contributed by atoms with Crippen LogP contribution >= 0.6 is 0 Å². The van der Waals surface area contributed by atoms with E-state index in [4.69, 9.17) is 0 Å². The van der Waals surface area contributed by atoms with Crippen LogP contribution in [0.3, 0.4) is 0 Å². The minimum absolute atomic E-state index is 0.0482. The number of benzene rings is 2. The van der Waals surface area contributed by atoms with Gasteiger partial charge < -0.3 is 5.32 Å². The highest BCUT2D eigenvalue weighted by Gasteiger charge is 2.17. The van der Waals surface area contributed by atoms with E-state index < -0.39 is 17.5 Å². The van der Waals surface area contributed by atoms with Gasteiger partial charge in [0.15, 0.2) is 0 Å². The van der Waals surface area contributed by atoms with Crippen molar-refractivity contribution in [2.45, 2.75) is 26.8 Å². The van der Waals surface area contributed by atoms with Gasteiger partial charge in [0.05, 0.1) is 5.56 Å². The van der Waals surface area contributed by atoms with E-state index in [1.807, 2.05) is 6.92 Å². The van der Waals surface area contributed by atoms with Crippen LogP contribution in [0.1, 0.15) is 24.5 Å². The summed E-state index contributed by atoms with van der Waals surface area (Å²) in [6, 6.07) is 6.93. The third kappa shape index (κ3) is 3.45. The monoisotopic (exact) mass is 293 g/mol. The van der Waals surface area contributed by atoms with Gasteiger partial charge in [-0.25, -0.2) is 13.2 Å². The Kier molecular flexibility index (Phi) is 5.02. The molecule has 1 N–H and O–H groups in total. The molecule has 0 heterocycles. The number of hydrogen-bond acceptors (Lipinski definition) is 1. The summed E-state index contributed by atoms with van der Waals surface area (Å²) in [7, 11) is 0. The van der Waals surface area contributed by atoms with E-state index in [2.05, 4.69) is 5.32 Å². The minimum Gasteiger partial charge on any atom is -0.313 e. The molecule has 0 saturated heterocycles. The van der Waals surface area contributed by atoms with E-state index in [0.717, 1.165) is 24.6 Å². The van der Waals surface area contributed by atoms with Crippen molar-refractivity contribution in [1.29, 1.82) is 0 Å². The Balaban J connectivity index is 2.36. The third-order valence-electron chi connectivity index (χ3n) is 3.34. The van der Waals surface area contributed by atoms with Crippen molar-refractivity contribution in [2.24, 2.45) is 0 Å². The summed E-state index contributed by atoms with van der Waals surface area (Å²) in [5, 5.41) is 3.15. The van der Waals surface area contributed by atoms with Gasteiger partial charge in [0, 0.05) is 12.1 Å². The molecule has 0 aliphatic carbocycles. The van der Waals surface area contributed by atoms with Gasteiger partial charge in [-0.1, -0.05) is 25.1 Å². The summed E-state index contributed by atoms with van der Waals surface area (Å²) in [5.74, 6) is -2.09. The predicted molar refractivity (Wildman–Crippen MR) is 78.5 cm³/mol. The fraction of sp³-hybridized carbons (Fsp3) is 0.294. The van der Waals surface area contributed by atoms with Crippen LogP contribution in [-0.4, -0.2) is 6.54 Å². The quantitative estimate of drug-likeness (QED) is 0.796. The Bertz CT molecular complexity index is 638. The third-order valence-corrected chi connectivity index (χ3v) is 3.34. The van der Waals surface area contributed by atoms with E-state index in [-0.39, 0.29) is 11.1 Å². The molecular formula is C17H18F3N. The number of nitrogens with one attached hydrogen (secondary N) is 1. The maximum Gasteiger partial charge on any atom is 0.136 e. The van der Waals surface area contributed by atoms with Crippen LogP contribution in [0, 0.1) is 24.4 Å².